The Hall–Kier alpha value is -4.05. The molecule has 2 aromatic carbocycles. The number of aromatic nitrogens is 3. The number of piperazine rings is 1. The third-order valence-electron chi connectivity index (χ3n) is 6.49. The molecule has 0 radical (unpaired) electrons. The number of ether oxygens (including phenoxy) is 1. The molecule has 198 valence electrons. The third kappa shape index (κ3) is 5.31. The summed E-state index contributed by atoms with van der Waals surface area (Å²) in [5.41, 5.74) is 2.33. The minimum atomic E-state index is -4.61. The van der Waals surface area contributed by atoms with E-state index in [1.165, 1.54) is 12.5 Å². The normalized spacial score (nSPS) is 14.3. The number of hydrogen-bond acceptors (Lipinski definition) is 6. The summed E-state index contributed by atoms with van der Waals surface area (Å²) in [7, 11) is 3.18. The number of benzene rings is 2. The molecule has 1 amide bonds. The first-order valence-corrected chi connectivity index (χ1v) is 11.7. The Kier molecular flexibility index (Phi) is 7.63. The number of carbonyl (C=O) groups is 1. The van der Waals surface area contributed by atoms with Gasteiger partial charge in [-0.3, -0.25) is 4.79 Å². The maximum absolute atomic E-state index is 13.6. The zero-order chi connectivity index (χ0) is 26.2. The van der Waals surface area contributed by atoms with Crippen LogP contribution >= 0.6 is 0 Å². The molecule has 1 aliphatic heterocycles. The van der Waals surface area contributed by atoms with Crippen LogP contribution in [-0.4, -0.2) is 71.0 Å². The molecule has 0 bridgehead atoms. The van der Waals surface area contributed by atoms with E-state index in [9.17, 15) is 18.0 Å². The average Bonchev–Trinajstić information content (AvgIpc) is 2.91. The van der Waals surface area contributed by atoms with Crippen LogP contribution in [0.25, 0.3) is 33.3 Å². The smallest absolute Gasteiger partial charge is 0.421 e. The highest BCUT2D eigenvalue weighted by Gasteiger charge is 2.35. The summed E-state index contributed by atoms with van der Waals surface area (Å²) < 4.78 is 45.5. The zero-order valence-corrected chi connectivity index (χ0v) is 20.3. The summed E-state index contributed by atoms with van der Waals surface area (Å²) in [4.78, 5) is 29.8. The molecule has 1 fully saturated rings. The number of pyridine rings is 1. The fourth-order valence-corrected chi connectivity index (χ4v) is 4.43. The van der Waals surface area contributed by atoms with Crippen LogP contribution in [0.3, 0.4) is 0 Å². The standard InChI is InChI=1S/C27H24F3N5O2.CH4/c1-34-8-10-35(11-9-34)26(36)19-5-3-4-18(12-19)24-21-13-17(6-7-23(21)32-16-33-24)20-14-22(27(28,29)30)25(37-2)31-15-20;/h3-7,12-16H,8-11H2,1-2H3;1H4. The van der Waals surface area contributed by atoms with E-state index in [0.717, 1.165) is 26.3 Å². The van der Waals surface area contributed by atoms with Crippen molar-refractivity contribution in [3.05, 3.63) is 72.2 Å². The van der Waals surface area contributed by atoms with Gasteiger partial charge in [-0.2, -0.15) is 13.2 Å². The third-order valence-corrected chi connectivity index (χ3v) is 6.49. The van der Waals surface area contributed by atoms with Gasteiger partial charge in [0.15, 0.2) is 0 Å². The molecule has 0 atom stereocenters. The van der Waals surface area contributed by atoms with Crippen LogP contribution in [-0.2, 0) is 6.18 Å². The Morgan fingerprint density at radius 3 is 2.39 bits per heavy atom. The molecule has 3 heterocycles. The number of amides is 1. The van der Waals surface area contributed by atoms with E-state index in [2.05, 4.69) is 19.9 Å². The molecule has 1 saturated heterocycles. The van der Waals surface area contributed by atoms with Gasteiger partial charge in [0.05, 0.1) is 18.3 Å². The Bertz CT molecular complexity index is 1470. The molecule has 10 heteroatoms. The molecular formula is C28H28F3N5O2. The second-order valence-electron chi connectivity index (χ2n) is 8.91. The Morgan fingerprint density at radius 2 is 1.68 bits per heavy atom. The second kappa shape index (κ2) is 10.7. The van der Waals surface area contributed by atoms with Gasteiger partial charge in [0.1, 0.15) is 11.9 Å². The summed E-state index contributed by atoms with van der Waals surface area (Å²) >= 11 is 0. The predicted octanol–water partition coefficient (Wildman–Crippen LogP) is 5.41. The van der Waals surface area contributed by atoms with Crippen LogP contribution in [0.5, 0.6) is 5.88 Å². The monoisotopic (exact) mass is 523 g/mol. The molecule has 7 nitrogen and oxygen atoms in total. The van der Waals surface area contributed by atoms with E-state index >= 15 is 0 Å². The van der Waals surface area contributed by atoms with Gasteiger partial charge >= 0.3 is 6.18 Å². The summed E-state index contributed by atoms with van der Waals surface area (Å²) in [5, 5.41) is 0.647. The van der Waals surface area contributed by atoms with Crippen molar-refractivity contribution in [1.29, 1.82) is 0 Å². The van der Waals surface area contributed by atoms with Crippen molar-refractivity contribution in [2.45, 2.75) is 13.6 Å². The van der Waals surface area contributed by atoms with E-state index in [4.69, 9.17) is 4.74 Å². The molecule has 4 aromatic rings. The van der Waals surface area contributed by atoms with Gasteiger partial charge in [0.2, 0.25) is 5.88 Å². The van der Waals surface area contributed by atoms with Gasteiger partial charge in [-0.15, -0.1) is 0 Å². The molecule has 0 N–H and O–H groups in total. The maximum atomic E-state index is 13.6. The quantitative estimate of drug-likeness (QED) is 0.356. The molecule has 0 saturated carbocycles. The summed E-state index contributed by atoms with van der Waals surface area (Å²) in [6, 6.07) is 13.4. The van der Waals surface area contributed by atoms with E-state index in [1.807, 2.05) is 18.0 Å². The topological polar surface area (TPSA) is 71.4 Å². The van der Waals surface area contributed by atoms with Crippen LogP contribution in [0.4, 0.5) is 13.2 Å². The van der Waals surface area contributed by atoms with Gasteiger partial charge < -0.3 is 14.5 Å². The van der Waals surface area contributed by atoms with Crippen LogP contribution in [0.1, 0.15) is 23.3 Å². The van der Waals surface area contributed by atoms with Crippen molar-refractivity contribution in [3.63, 3.8) is 0 Å². The van der Waals surface area contributed by atoms with Gasteiger partial charge in [0, 0.05) is 54.5 Å². The zero-order valence-electron chi connectivity index (χ0n) is 20.3. The van der Waals surface area contributed by atoms with Gasteiger partial charge in [-0.05, 0) is 42.9 Å². The van der Waals surface area contributed by atoms with Gasteiger partial charge in [-0.25, -0.2) is 15.0 Å². The van der Waals surface area contributed by atoms with Crippen molar-refractivity contribution in [2.75, 3.05) is 40.3 Å². The molecule has 1 aliphatic rings. The Morgan fingerprint density at radius 1 is 0.921 bits per heavy atom. The van der Waals surface area contributed by atoms with Crippen molar-refractivity contribution in [2.24, 2.45) is 0 Å². The minimum Gasteiger partial charge on any atom is -0.481 e. The number of rotatable bonds is 4. The van der Waals surface area contributed by atoms with E-state index < -0.39 is 17.6 Å². The van der Waals surface area contributed by atoms with E-state index in [-0.39, 0.29) is 18.9 Å². The molecule has 0 unspecified atom stereocenters. The Labute approximate surface area is 218 Å². The number of carbonyl (C=O) groups excluding carboxylic acids is 1. The van der Waals surface area contributed by atoms with Crippen LogP contribution in [0, 0.1) is 0 Å². The van der Waals surface area contributed by atoms with Crippen LogP contribution in [0.2, 0.25) is 0 Å². The number of fused-ring (bicyclic) bond motifs is 1. The van der Waals surface area contributed by atoms with Crippen molar-refractivity contribution in [3.8, 4) is 28.3 Å². The summed E-state index contributed by atoms with van der Waals surface area (Å²) in [6.07, 6.45) is -1.84. The number of likely N-dealkylation sites (N-methyl/N-ethyl adjacent to an activating group) is 1. The van der Waals surface area contributed by atoms with Crippen molar-refractivity contribution >= 4 is 16.8 Å². The number of nitrogens with zero attached hydrogens (tertiary/aromatic N) is 5. The first-order chi connectivity index (χ1) is 17.7. The van der Waals surface area contributed by atoms with Crippen molar-refractivity contribution < 1.29 is 22.7 Å². The molecule has 5 rings (SSSR count). The van der Waals surface area contributed by atoms with Gasteiger partial charge in [-0.1, -0.05) is 25.6 Å². The SMILES string of the molecule is C.COc1ncc(-c2ccc3ncnc(-c4cccc(C(=O)N5CCN(C)CC5)c4)c3c2)cc1C(F)(F)F. The maximum Gasteiger partial charge on any atom is 0.421 e. The lowest BCUT2D eigenvalue weighted by atomic mass is 9.99. The van der Waals surface area contributed by atoms with E-state index in [1.54, 1.807) is 36.4 Å². The molecule has 0 aliphatic carbocycles. The minimum absolute atomic E-state index is 0. The largest absolute Gasteiger partial charge is 0.481 e. The summed E-state index contributed by atoms with van der Waals surface area (Å²) in [6.45, 7) is 2.96. The fraction of sp³-hybridized carbons (Fsp3) is 0.286. The fourth-order valence-electron chi connectivity index (χ4n) is 4.43. The molecule has 2 aromatic heterocycles. The lowest BCUT2D eigenvalue weighted by Crippen LogP contribution is -2.47. The molecular weight excluding hydrogens is 495 g/mol. The van der Waals surface area contributed by atoms with Crippen molar-refractivity contribution in [1.82, 2.24) is 24.8 Å². The molecule has 0 spiro atoms. The number of methoxy groups -OCH3 is 1. The Balaban J connectivity index is 0.00000336. The molecule has 38 heavy (non-hydrogen) atoms. The highest BCUT2D eigenvalue weighted by molar-refractivity contribution is 5.98. The predicted molar refractivity (Wildman–Crippen MR) is 140 cm³/mol. The highest BCUT2D eigenvalue weighted by atomic mass is 19.4. The van der Waals surface area contributed by atoms with E-state index in [0.29, 0.717) is 46.4 Å². The lowest BCUT2D eigenvalue weighted by molar-refractivity contribution is -0.139. The first-order valence-electron chi connectivity index (χ1n) is 11.7. The highest BCUT2D eigenvalue weighted by Crippen LogP contribution is 2.38. The lowest BCUT2D eigenvalue weighted by Gasteiger charge is -2.32. The van der Waals surface area contributed by atoms with Gasteiger partial charge in [0.25, 0.3) is 5.91 Å². The second-order valence-corrected chi connectivity index (χ2v) is 8.91. The van der Waals surface area contributed by atoms with Crippen LogP contribution in [0.15, 0.2) is 61.1 Å². The number of hydrogen-bond donors (Lipinski definition) is 0. The summed E-state index contributed by atoms with van der Waals surface area (Å²) in [5.74, 6) is -0.527. The number of halogens is 3. The number of alkyl halides is 3. The van der Waals surface area contributed by atoms with Crippen LogP contribution < -0.4 is 4.74 Å². The average molecular weight is 524 g/mol. The first kappa shape index (κ1) is 27.0.